The Morgan fingerprint density at radius 1 is 1.26 bits per heavy atom. The Labute approximate surface area is 119 Å². The maximum Gasteiger partial charge on any atom is 0.118 e. The molecule has 0 aromatic rings. The number of piperidine rings is 1. The third-order valence-corrected chi connectivity index (χ3v) is 6.75. The van der Waals surface area contributed by atoms with Gasteiger partial charge in [0.1, 0.15) is 5.54 Å². The Bertz CT molecular complexity index is 383. The van der Waals surface area contributed by atoms with E-state index in [0.717, 1.165) is 5.92 Å². The fourth-order valence-corrected chi connectivity index (χ4v) is 5.27. The van der Waals surface area contributed by atoms with Crippen LogP contribution in [0.4, 0.5) is 0 Å². The Morgan fingerprint density at radius 2 is 2.11 bits per heavy atom. The molecule has 0 N–H and O–H groups in total. The van der Waals surface area contributed by atoms with Crippen LogP contribution in [0.15, 0.2) is 11.1 Å². The summed E-state index contributed by atoms with van der Waals surface area (Å²) in [5.41, 5.74) is 4.27. The molecule has 2 heterocycles. The minimum Gasteiger partial charge on any atom is -0.317 e. The Hall–Kier alpha value is -0.300. The van der Waals surface area contributed by atoms with Gasteiger partial charge in [0.2, 0.25) is 0 Å². The summed E-state index contributed by atoms with van der Waals surface area (Å²) in [6.07, 6.45) is 12.9. The zero-order valence-corrected chi connectivity index (χ0v) is 13.3. The Morgan fingerprint density at radius 3 is 2.89 bits per heavy atom. The number of fused-ring (bicyclic) bond motifs is 2. The molecule has 1 aliphatic carbocycles. The van der Waals surface area contributed by atoms with Crippen LogP contribution in [0.5, 0.6) is 0 Å². The number of nitrogens with zero attached hydrogens (tertiary/aromatic N) is 1. The van der Waals surface area contributed by atoms with Gasteiger partial charge in [-0.15, -0.1) is 0 Å². The van der Waals surface area contributed by atoms with Gasteiger partial charge in [-0.25, -0.2) is 0 Å². The maximum atomic E-state index is 2.60. The molecule has 0 radical (unpaired) electrons. The molecule has 0 amide bonds. The number of hydrogen-bond acceptors (Lipinski definition) is 0. The molecule has 3 rings (SSSR count). The van der Waals surface area contributed by atoms with Crippen molar-refractivity contribution in [3.05, 3.63) is 11.1 Å². The van der Waals surface area contributed by atoms with E-state index in [4.69, 9.17) is 0 Å². The third kappa shape index (κ3) is 2.09. The highest BCUT2D eigenvalue weighted by molar-refractivity contribution is 5.30. The largest absolute Gasteiger partial charge is 0.317 e. The Kier molecular flexibility index (Phi) is 3.53. The van der Waals surface area contributed by atoms with Gasteiger partial charge < -0.3 is 4.48 Å². The molecule has 19 heavy (non-hydrogen) atoms. The van der Waals surface area contributed by atoms with Crippen LogP contribution >= 0.6 is 0 Å². The van der Waals surface area contributed by atoms with Gasteiger partial charge in [0.25, 0.3) is 0 Å². The van der Waals surface area contributed by atoms with E-state index in [0.29, 0.717) is 5.54 Å². The number of rotatable bonds is 3. The quantitative estimate of drug-likeness (QED) is 0.512. The summed E-state index contributed by atoms with van der Waals surface area (Å²) in [5.74, 6) is 1.00. The number of quaternary nitrogens is 1. The van der Waals surface area contributed by atoms with Gasteiger partial charge in [-0.2, -0.15) is 0 Å². The average molecular weight is 262 g/mol. The van der Waals surface area contributed by atoms with Gasteiger partial charge in [0, 0.05) is 18.8 Å². The molecule has 3 aliphatic rings. The van der Waals surface area contributed by atoms with Crippen LogP contribution in [-0.2, 0) is 0 Å². The predicted octanol–water partition coefficient (Wildman–Crippen LogP) is 4.68. The smallest absolute Gasteiger partial charge is 0.118 e. The lowest BCUT2D eigenvalue weighted by Crippen LogP contribution is -2.67. The monoisotopic (exact) mass is 262 g/mol. The lowest BCUT2D eigenvalue weighted by molar-refractivity contribution is -0.961. The maximum absolute atomic E-state index is 2.60. The van der Waals surface area contributed by atoms with Crippen molar-refractivity contribution in [3.8, 4) is 0 Å². The zero-order chi connectivity index (χ0) is 13.5. The predicted molar refractivity (Wildman–Crippen MR) is 82.1 cm³/mol. The Balaban J connectivity index is 1.81. The molecule has 0 aromatic carbocycles. The fraction of sp³-hybridized carbons (Fsp3) is 0.889. The summed E-state index contributed by atoms with van der Waals surface area (Å²) in [4.78, 5) is 0. The first-order chi connectivity index (χ1) is 9.09. The van der Waals surface area contributed by atoms with Crippen molar-refractivity contribution in [1.82, 2.24) is 0 Å². The minimum atomic E-state index is 0.507. The highest BCUT2D eigenvalue weighted by atomic mass is 15.4. The second-order valence-electron chi connectivity index (χ2n) is 7.81. The molecule has 3 unspecified atom stereocenters. The van der Waals surface area contributed by atoms with Crippen molar-refractivity contribution in [2.75, 3.05) is 20.1 Å². The van der Waals surface area contributed by atoms with Crippen molar-refractivity contribution in [2.45, 2.75) is 77.2 Å². The molecule has 0 saturated carbocycles. The second kappa shape index (κ2) is 4.91. The van der Waals surface area contributed by atoms with E-state index >= 15 is 0 Å². The summed E-state index contributed by atoms with van der Waals surface area (Å²) < 4.78 is 1.36. The molecule has 0 aromatic heterocycles. The molecule has 1 heteroatoms. The molecule has 3 atom stereocenters. The first kappa shape index (κ1) is 13.7. The van der Waals surface area contributed by atoms with Gasteiger partial charge in [-0.05, 0) is 44.6 Å². The summed E-state index contributed by atoms with van der Waals surface area (Å²) in [6, 6.07) is 0. The molecule has 1 saturated heterocycles. The summed E-state index contributed by atoms with van der Waals surface area (Å²) >= 11 is 0. The number of hydrogen-bond donors (Lipinski definition) is 0. The molecule has 1 fully saturated rings. The first-order valence-electron chi connectivity index (χ1n) is 8.65. The van der Waals surface area contributed by atoms with Crippen LogP contribution in [0.1, 0.15) is 71.6 Å². The average Bonchev–Trinajstić information content (AvgIpc) is 2.87. The van der Waals surface area contributed by atoms with Crippen LogP contribution in [0.2, 0.25) is 0 Å². The molecular weight excluding hydrogens is 230 g/mol. The standard InChI is InChI=1S/C18H32N/c1-4-5-7-15-10-12-18(2)17-9-6-8-16(17)11-13-19(18,3)14-15/h15H,4-14H2,1-3H3/q+1. The molecule has 1 nitrogen and oxygen atoms in total. The SMILES string of the molecule is CCCCC1CCC2(C)C3=C(CCC3)CC[N+]2(C)C1. The van der Waals surface area contributed by atoms with E-state index < -0.39 is 0 Å². The summed E-state index contributed by atoms with van der Waals surface area (Å²) in [6.45, 7) is 7.80. The number of unbranched alkanes of at least 4 members (excludes halogenated alkanes) is 1. The normalized spacial score (nSPS) is 42.2. The van der Waals surface area contributed by atoms with Crippen LogP contribution in [-0.4, -0.2) is 30.2 Å². The van der Waals surface area contributed by atoms with E-state index in [9.17, 15) is 0 Å². The van der Waals surface area contributed by atoms with Gasteiger partial charge in [0.05, 0.1) is 20.1 Å². The first-order valence-corrected chi connectivity index (χ1v) is 8.65. The molecule has 108 valence electrons. The van der Waals surface area contributed by atoms with E-state index in [-0.39, 0.29) is 0 Å². The van der Waals surface area contributed by atoms with Crippen LogP contribution in [0, 0.1) is 5.92 Å². The second-order valence-corrected chi connectivity index (χ2v) is 7.81. The van der Waals surface area contributed by atoms with Gasteiger partial charge in [-0.1, -0.05) is 25.3 Å². The molecule has 0 bridgehead atoms. The lowest BCUT2D eigenvalue weighted by atomic mass is 9.71. The highest BCUT2D eigenvalue weighted by Gasteiger charge is 2.54. The molecule has 0 spiro atoms. The van der Waals surface area contributed by atoms with E-state index in [1.54, 1.807) is 0 Å². The third-order valence-electron chi connectivity index (χ3n) is 6.75. The van der Waals surface area contributed by atoms with Crippen LogP contribution in [0.3, 0.4) is 0 Å². The topological polar surface area (TPSA) is 0 Å². The molecule has 2 aliphatic heterocycles. The summed E-state index contributed by atoms with van der Waals surface area (Å²) in [7, 11) is 2.57. The van der Waals surface area contributed by atoms with Crippen molar-refractivity contribution in [3.63, 3.8) is 0 Å². The van der Waals surface area contributed by atoms with E-state index in [1.807, 2.05) is 11.1 Å². The molecular formula is C18H32N+. The van der Waals surface area contributed by atoms with Crippen LogP contribution in [0.25, 0.3) is 0 Å². The number of likely N-dealkylation sites (N-methyl/N-ethyl adjacent to an activating group) is 1. The fourth-order valence-electron chi connectivity index (χ4n) is 5.27. The van der Waals surface area contributed by atoms with Crippen molar-refractivity contribution >= 4 is 0 Å². The van der Waals surface area contributed by atoms with E-state index in [2.05, 4.69) is 20.9 Å². The van der Waals surface area contributed by atoms with Crippen molar-refractivity contribution < 1.29 is 4.48 Å². The van der Waals surface area contributed by atoms with Crippen LogP contribution < -0.4 is 0 Å². The zero-order valence-electron chi connectivity index (χ0n) is 13.3. The highest BCUT2D eigenvalue weighted by Crippen LogP contribution is 2.51. The lowest BCUT2D eigenvalue weighted by Gasteiger charge is -2.57. The van der Waals surface area contributed by atoms with Gasteiger partial charge >= 0.3 is 0 Å². The summed E-state index contributed by atoms with van der Waals surface area (Å²) in [5, 5.41) is 0. The van der Waals surface area contributed by atoms with Crippen molar-refractivity contribution in [2.24, 2.45) is 5.92 Å². The minimum absolute atomic E-state index is 0.507. The van der Waals surface area contributed by atoms with E-state index in [1.165, 1.54) is 75.4 Å². The van der Waals surface area contributed by atoms with Crippen molar-refractivity contribution in [1.29, 1.82) is 0 Å². The van der Waals surface area contributed by atoms with Gasteiger partial charge in [0.15, 0.2) is 0 Å². The van der Waals surface area contributed by atoms with Gasteiger partial charge in [-0.3, -0.25) is 0 Å².